The molecule has 0 radical (unpaired) electrons. The van der Waals surface area contributed by atoms with Gasteiger partial charge >= 0.3 is 0 Å². The number of Topliss-reactive ketones (excluding diaryl/α,β-unsaturated/α-hetero) is 1. The van der Waals surface area contributed by atoms with Crippen LogP contribution in [0.1, 0.15) is 36.7 Å². The SMILES string of the molecule is COc1ccc(C(C)=O)cc1CC(=O)NCCNC(=O)C(C)C. The van der Waals surface area contributed by atoms with Gasteiger partial charge in [0, 0.05) is 30.1 Å². The third-order valence-electron chi connectivity index (χ3n) is 3.31. The molecule has 6 nitrogen and oxygen atoms in total. The number of benzene rings is 1. The van der Waals surface area contributed by atoms with E-state index in [0.717, 1.165) is 0 Å². The van der Waals surface area contributed by atoms with Crippen LogP contribution < -0.4 is 15.4 Å². The van der Waals surface area contributed by atoms with Crippen LogP contribution in [0.15, 0.2) is 18.2 Å². The highest BCUT2D eigenvalue weighted by atomic mass is 16.5. The number of carbonyl (C=O) groups excluding carboxylic acids is 3. The zero-order valence-corrected chi connectivity index (χ0v) is 14.1. The van der Waals surface area contributed by atoms with Gasteiger partial charge in [0.15, 0.2) is 5.78 Å². The van der Waals surface area contributed by atoms with Gasteiger partial charge in [0.1, 0.15) is 5.75 Å². The molecule has 0 aliphatic carbocycles. The van der Waals surface area contributed by atoms with Crippen molar-refractivity contribution in [2.45, 2.75) is 27.2 Å². The van der Waals surface area contributed by atoms with E-state index in [4.69, 9.17) is 4.74 Å². The highest BCUT2D eigenvalue weighted by molar-refractivity contribution is 5.94. The Hall–Kier alpha value is -2.37. The number of ether oxygens (including phenoxy) is 1. The standard InChI is InChI=1S/C17H24N2O4/c1-11(2)17(22)19-8-7-18-16(21)10-14-9-13(12(3)20)5-6-15(14)23-4/h5-6,9,11H,7-8,10H2,1-4H3,(H,18,21)(H,19,22). The second kappa shape index (κ2) is 8.92. The molecule has 0 heterocycles. The van der Waals surface area contributed by atoms with Crippen LogP contribution >= 0.6 is 0 Å². The average Bonchev–Trinajstić information content (AvgIpc) is 2.50. The van der Waals surface area contributed by atoms with E-state index >= 15 is 0 Å². The molecule has 0 unspecified atom stereocenters. The zero-order valence-electron chi connectivity index (χ0n) is 14.1. The van der Waals surface area contributed by atoms with E-state index in [9.17, 15) is 14.4 Å². The van der Waals surface area contributed by atoms with Crippen LogP contribution in [0, 0.1) is 5.92 Å². The van der Waals surface area contributed by atoms with Crippen molar-refractivity contribution in [3.8, 4) is 5.75 Å². The van der Waals surface area contributed by atoms with Crippen molar-refractivity contribution in [1.29, 1.82) is 0 Å². The summed E-state index contributed by atoms with van der Waals surface area (Å²) in [5, 5.41) is 5.46. The third-order valence-corrected chi connectivity index (χ3v) is 3.31. The summed E-state index contributed by atoms with van der Waals surface area (Å²) in [6.45, 7) is 5.83. The van der Waals surface area contributed by atoms with Gasteiger partial charge in [-0.1, -0.05) is 13.8 Å². The van der Waals surface area contributed by atoms with E-state index in [0.29, 0.717) is 30.0 Å². The van der Waals surface area contributed by atoms with E-state index < -0.39 is 0 Å². The summed E-state index contributed by atoms with van der Waals surface area (Å²) in [6, 6.07) is 5.02. The molecule has 0 aliphatic rings. The van der Waals surface area contributed by atoms with Crippen molar-refractivity contribution in [3.05, 3.63) is 29.3 Å². The van der Waals surface area contributed by atoms with E-state index in [-0.39, 0.29) is 29.9 Å². The van der Waals surface area contributed by atoms with Crippen LogP contribution in [0.25, 0.3) is 0 Å². The predicted octanol–water partition coefficient (Wildman–Crippen LogP) is 1.33. The number of amides is 2. The van der Waals surface area contributed by atoms with Gasteiger partial charge in [-0.05, 0) is 25.1 Å². The zero-order chi connectivity index (χ0) is 17.4. The first-order chi connectivity index (χ1) is 10.8. The van der Waals surface area contributed by atoms with Crippen molar-refractivity contribution >= 4 is 17.6 Å². The Morgan fingerprint density at radius 3 is 2.35 bits per heavy atom. The molecule has 0 atom stereocenters. The molecule has 0 saturated heterocycles. The molecule has 2 N–H and O–H groups in total. The summed E-state index contributed by atoms with van der Waals surface area (Å²) in [4.78, 5) is 34.8. The molecule has 1 aromatic carbocycles. The second-order valence-electron chi connectivity index (χ2n) is 5.56. The van der Waals surface area contributed by atoms with Crippen LogP contribution in [0.2, 0.25) is 0 Å². The lowest BCUT2D eigenvalue weighted by atomic mass is 10.0. The van der Waals surface area contributed by atoms with Crippen molar-refractivity contribution in [2.24, 2.45) is 5.92 Å². The molecule has 0 saturated carbocycles. The topological polar surface area (TPSA) is 84.5 Å². The van der Waals surface area contributed by atoms with Crippen LogP contribution in [-0.4, -0.2) is 37.8 Å². The quantitative estimate of drug-likeness (QED) is 0.559. The van der Waals surface area contributed by atoms with Gasteiger partial charge in [0.2, 0.25) is 11.8 Å². The summed E-state index contributed by atoms with van der Waals surface area (Å²) in [6.07, 6.45) is 0.114. The highest BCUT2D eigenvalue weighted by Crippen LogP contribution is 2.20. The fourth-order valence-electron chi connectivity index (χ4n) is 1.96. The van der Waals surface area contributed by atoms with Gasteiger partial charge in [0.25, 0.3) is 0 Å². The monoisotopic (exact) mass is 320 g/mol. The number of carbonyl (C=O) groups is 3. The highest BCUT2D eigenvalue weighted by Gasteiger charge is 2.11. The number of ketones is 1. The molecule has 6 heteroatoms. The van der Waals surface area contributed by atoms with Crippen LogP contribution in [0.3, 0.4) is 0 Å². The number of hydrogen-bond donors (Lipinski definition) is 2. The molecule has 0 bridgehead atoms. The summed E-state index contributed by atoms with van der Waals surface area (Å²) < 4.78 is 5.22. The first-order valence-corrected chi connectivity index (χ1v) is 7.57. The van der Waals surface area contributed by atoms with E-state index in [1.165, 1.54) is 14.0 Å². The summed E-state index contributed by atoms with van der Waals surface area (Å²) >= 11 is 0. The van der Waals surface area contributed by atoms with Gasteiger partial charge < -0.3 is 15.4 Å². The fraction of sp³-hybridized carbons (Fsp3) is 0.471. The smallest absolute Gasteiger partial charge is 0.224 e. The minimum Gasteiger partial charge on any atom is -0.496 e. The number of hydrogen-bond acceptors (Lipinski definition) is 4. The lowest BCUT2D eigenvalue weighted by molar-refractivity contribution is -0.124. The van der Waals surface area contributed by atoms with Crippen molar-refractivity contribution in [3.63, 3.8) is 0 Å². The van der Waals surface area contributed by atoms with Gasteiger partial charge in [-0.3, -0.25) is 14.4 Å². The Kier molecular flexibility index (Phi) is 7.25. The normalized spacial score (nSPS) is 10.3. The van der Waals surface area contributed by atoms with E-state index in [1.54, 1.807) is 18.2 Å². The predicted molar refractivity (Wildman–Crippen MR) is 87.6 cm³/mol. The average molecular weight is 320 g/mol. The minimum absolute atomic E-state index is 0.0462. The number of nitrogens with one attached hydrogen (secondary N) is 2. The molecule has 0 aromatic heterocycles. The molecule has 0 spiro atoms. The van der Waals surface area contributed by atoms with Crippen LogP contribution in [0.4, 0.5) is 0 Å². The van der Waals surface area contributed by atoms with Crippen LogP contribution in [0.5, 0.6) is 5.75 Å². The van der Waals surface area contributed by atoms with Gasteiger partial charge in [-0.2, -0.15) is 0 Å². The Morgan fingerprint density at radius 2 is 1.78 bits per heavy atom. The first kappa shape index (κ1) is 18.7. The molecule has 2 amide bonds. The molecular formula is C17H24N2O4. The second-order valence-corrected chi connectivity index (χ2v) is 5.56. The molecule has 1 rings (SSSR count). The van der Waals surface area contributed by atoms with E-state index in [2.05, 4.69) is 10.6 Å². The molecular weight excluding hydrogens is 296 g/mol. The van der Waals surface area contributed by atoms with Crippen LogP contribution in [-0.2, 0) is 16.0 Å². The minimum atomic E-state index is -0.192. The lowest BCUT2D eigenvalue weighted by Gasteiger charge is -2.11. The first-order valence-electron chi connectivity index (χ1n) is 7.57. The Labute approximate surface area is 136 Å². The lowest BCUT2D eigenvalue weighted by Crippen LogP contribution is -2.36. The summed E-state index contributed by atoms with van der Waals surface area (Å²) in [7, 11) is 1.52. The van der Waals surface area contributed by atoms with Gasteiger partial charge in [0.05, 0.1) is 13.5 Å². The maximum atomic E-state index is 12.0. The maximum Gasteiger partial charge on any atom is 0.224 e. The summed E-state index contributed by atoms with van der Waals surface area (Å²) in [5.74, 6) is 0.186. The molecule has 126 valence electrons. The maximum absolute atomic E-state index is 12.0. The fourth-order valence-corrected chi connectivity index (χ4v) is 1.96. The van der Waals surface area contributed by atoms with Crippen molar-refractivity contribution in [1.82, 2.24) is 10.6 Å². The largest absolute Gasteiger partial charge is 0.496 e. The van der Waals surface area contributed by atoms with E-state index in [1.807, 2.05) is 13.8 Å². The Morgan fingerprint density at radius 1 is 1.13 bits per heavy atom. The van der Waals surface area contributed by atoms with Crippen molar-refractivity contribution < 1.29 is 19.1 Å². The van der Waals surface area contributed by atoms with Gasteiger partial charge in [-0.25, -0.2) is 0 Å². The third kappa shape index (κ3) is 6.10. The molecule has 0 aliphatic heterocycles. The molecule has 0 fully saturated rings. The molecule has 1 aromatic rings. The Bertz CT molecular complexity index is 582. The Balaban J connectivity index is 2.55. The van der Waals surface area contributed by atoms with Gasteiger partial charge in [-0.15, -0.1) is 0 Å². The van der Waals surface area contributed by atoms with Crippen molar-refractivity contribution in [2.75, 3.05) is 20.2 Å². The molecule has 23 heavy (non-hydrogen) atoms. The number of methoxy groups -OCH3 is 1. The summed E-state index contributed by atoms with van der Waals surface area (Å²) in [5.41, 5.74) is 1.20. The number of rotatable bonds is 8.